The van der Waals surface area contributed by atoms with E-state index in [0.29, 0.717) is 0 Å². The number of nitrogens with zero attached hydrogens (tertiary/aromatic N) is 1. The van der Waals surface area contributed by atoms with Gasteiger partial charge in [-0.15, -0.1) is 11.3 Å². The maximum atomic E-state index is 13.0. The number of amides is 1. The first-order valence-electron chi connectivity index (χ1n) is 5.65. The summed E-state index contributed by atoms with van der Waals surface area (Å²) in [6.07, 6.45) is 0. The lowest BCUT2D eigenvalue weighted by Crippen LogP contribution is -2.27. The van der Waals surface area contributed by atoms with Crippen LogP contribution in [0.2, 0.25) is 0 Å². The van der Waals surface area contributed by atoms with Gasteiger partial charge in [0.05, 0.1) is 16.7 Å². The second-order valence-electron chi connectivity index (χ2n) is 4.12. The van der Waals surface area contributed by atoms with Crippen molar-refractivity contribution < 1.29 is 13.6 Å². The van der Waals surface area contributed by atoms with Gasteiger partial charge in [0.1, 0.15) is 0 Å². The second-order valence-corrected chi connectivity index (χ2v) is 5.18. The van der Waals surface area contributed by atoms with E-state index in [0.717, 1.165) is 22.8 Å². The van der Waals surface area contributed by atoms with Crippen molar-refractivity contribution >= 4 is 17.2 Å². The fourth-order valence-corrected chi connectivity index (χ4v) is 2.28. The zero-order valence-corrected chi connectivity index (χ0v) is 11.2. The number of carbonyl (C=O) groups is 1. The van der Waals surface area contributed by atoms with Gasteiger partial charge >= 0.3 is 0 Å². The molecule has 2 rings (SSSR count). The Kier molecular flexibility index (Phi) is 3.90. The molecule has 0 aliphatic rings. The molecule has 0 saturated carbocycles. The quantitative estimate of drug-likeness (QED) is 0.939. The first-order valence-corrected chi connectivity index (χ1v) is 6.53. The normalized spacial score (nSPS) is 12.2. The van der Waals surface area contributed by atoms with Crippen molar-refractivity contribution in [3.63, 3.8) is 0 Å². The molecule has 1 N–H and O–H groups in total. The minimum atomic E-state index is -1.04. The van der Waals surface area contributed by atoms with Crippen molar-refractivity contribution in [1.82, 2.24) is 10.3 Å². The molecular formula is C13H12F2N2OS. The Morgan fingerprint density at radius 3 is 2.68 bits per heavy atom. The monoisotopic (exact) mass is 282 g/mol. The number of carbonyl (C=O) groups excluding carboxylic acids is 1. The second kappa shape index (κ2) is 5.44. The summed E-state index contributed by atoms with van der Waals surface area (Å²) in [7, 11) is 0. The molecule has 100 valence electrons. The Morgan fingerprint density at radius 2 is 2.11 bits per heavy atom. The summed E-state index contributed by atoms with van der Waals surface area (Å²) < 4.78 is 25.8. The lowest BCUT2D eigenvalue weighted by molar-refractivity contribution is 0.0938. The van der Waals surface area contributed by atoms with Crippen LogP contribution in [-0.4, -0.2) is 10.9 Å². The molecule has 0 aliphatic carbocycles. The number of hydrogen-bond donors (Lipinski definition) is 1. The maximum Gasteiger partial charge on any atom is 0.251 e. The molecule has 0 radical (unpaired) electrons. The van der Waals surface area contributed by atoms with Gasteiger partial charge in [0.15, 0.2) is 11.6 Å². The third kappa shape index (κ3) is 3.14. The van der Waals surface area contributed by atoms with Crippen LogP contribution in [0.3, 0.4) is 0 Å². The Hall–Kier alpha value is -1.82. The van der Waals surface area contributed by atoms with Crippen molar-refractivity contribution in [2.24, 2.45) is 0 Å². The Morgan fingerprint density at radius 1 is 1.37 bits per heavy atom. The van der Waals surface area contributed by atoms with Gasteiger partial charge in [0.2, 0.25) is 0 Å². The van der Waals surface area contributed by atoms with Gasteiger partial charge in [-0.2, -0.15) is 0 Å². The molecule has 1 atom stereocenters. The molecule has 1 unspecified atom stereocenters. The molecule has 1 amide bonds. The van der Waals surface area contributed by atoms with E-state index in [-0.39, 0.29) is 11.6 Å². The lowest BCUT2D eigenvalue weighted by Gasteiger charge is -2.11. The van der Waals surface area contributed by atoms with E-state index in [2.05, 4.69) is 10.3 Å². The van der Waals surface area contributed by atoms with Crippen LogP contribution >= 0.6 is 11.3 Å². The number of benzene rings is 1. The van der Waals surface area contributed by atoms with Crippen LogP contribution in [0.25, 0.3) is 0 Å². The maximum absolute atomic E-state index is 13.0. The van der Waals surface area contributed by atoms with Crippen molar-refractivity contribution in [3.8, 4) is 0 Å². The molecule has 0 fully saturated rings. The Labute approximate surface area is 113 Å². The number of nitrogens with one attached hydrogen (secondary N) is 1. The zero-order chi connectivity index (χ0) is 14.0. The van der Waals surface area contributed by atoms with Gasteiger partial charge in [-0.3, -0.25) is 4.79 Å². The van der Waals surface area contributed by atoms with Crippen LogP contribution in [0.1, 0.15) is 34.0 Å². The number of aryl methyl sites for hydroxylation is 1. The highest BCUT2D eigenvalue weighted by Crippen LogP contribution is 2.16. The topological polar surface area (TPSA) is 42.0 Å². The van der Waals surface area contributed by atoms with E-state index < -0.39 is 17.5 Å². The van der Waals surface area contributed by atoms with Crippen molar-refractivity contribution in [1.29, 1.82) is 0 Å². The number of thiazole rings is 1. The lowest BCUT2D eigenvalue weighted by atomic mass is 10.1. The molecule has 19 heavy (non-hydrogen) atoms. The Balaban J connectivity index is 2.10. The third-order valence-corrected chi connectivity index (χ3v) is 3.40. The Bertz CT molecular complexity index is 612. The number of aromatic nitrogens is 1. The predicted molar refractivity (Wildman–Crippen MR) is 69.1 cm³/mol. The number of halogens is 2. The van der Waals surface area contributed by atoms with Crippen molar-refractivity contribution in [3.05, 3.63) is 51.5 Å². The molecule has 1 aromatic carbocycles. The summed E-state index contributed by atoms with van der Waals surface area (Å²) in [5, 5.41) is 5.45. The zero-order valence-electron chi connectivity index (χ0n) is 10.4. The third-order valence-electron chi connectivity index (χ3n) is 2.61. The highest BCUT2D eigenvalue weighted by molar-refractivity contribution is 7.09. The summed E-state index contributed by atoms with van der Waals surface area (Å²) in [6.45, 7) is 3.66. The van der Waals surface area contributed by atoms with Crippen LogP contribution in [0, 0.1) is 18.6 Å². The fourth-order valence-electron chi connectivity index (χ4n) is 1.57. The standard InChI is InChI=1S/C13H12F2N2OS/c1-7(12-6-19-8(2)17-12)16-13(18)9-3-4-10(14)11(15)5-9/h3-7H,1-2H3,(H,16,18). The van der Waals surface area contributed by atoms with E-state index in [9.17, 15) is 13.6 Å². The minimum Gasteiger partial charge on any atom is -0.344 e. The van der Waals surface area contributed by atoms with Gasteiger partial charge in [0.25, 0.3) is 5.91 Å². The summed E-state index contributed by atoms with van der Waals surface area (Å²) in [6, 6.07) is 2.77. The SMILES string of the molecule is Cc1nc(C(C)NC(=O)c2ccc(F)c(F)c2)cs1. The van der Waals surface area contributed by atoms with Gasteiger partial charge in [-0.05, 0) is 32.0 Å². The predicted octanol–water partition coefficient (Wildman–Crippen LogP) is 3.22. The summed E-state index contributed by atoms with van der Waals surface area (Å²) in [4.78, 5) is 16.1. The van der Waals surface area contributed by atoms with Gasteiger partial charge in [-0.1, -0.05) is 0 Å². The number of rotatable bonds is 3. The van der Waals surface area contributed by atoms with E-state index in [1.165, 1.54) is 17.4 Å². The van der Waals surface area contributed by atoms with Crippen molar-refractivity contribution in [2.45, 2.75) is 19.9 Å². The highest BCUT2D eigenvalue weighted by Gasteiger charge is 2.15. The molecule has 6 heteroatoms. The molecular weight excluding hydrogens is 270 g/mol. The molecule has 0 spiro atoms. The average Bonchev–Trinajstić information content (AvgIpc) is 2.79. The molecule has 0 bridgehead atoms. The summed E-state index contributed by atoms with van der Waals surface area (Å²) >= 11 is 1.49. The van der Waals surface area contributed by atoms with Crippen LogP contribution in [0.5, 0.6) is 0 Å². The summed E-state index contributed by atoms with van der Waals surface area (Å²) in [5.41, 5.74) is 0.830. The molecule has 2 aromatic rings. The summed E-state index contributed by atoms with van der Waals surface area (Å²) in [5.74, 6) is -2.47. The molecule has 3 nitrogen and oxygen atoms in total. The van der Waals surface area contributed by atoms with Crippen molar-refractivity contribution in [2.75, 3.05) is 0 Å². The molecule has 0 saturated heterocycles. The number of hydrogen-bond acceptors (Lipinski definition) is 3. The van der Waals surface area contributed by atoms with Gasteiger partial charge in [-0.25, -0.2) is 13.8 Å². The van der Waals surface area contributed by atoms with E-state index in [1.54, 1.807) is 6.92 Å². The molecule has 1 heterocycles. The highest BCUT2D eigenvalue weighted by atomic mass is 32.1. The van der Waals surface area contributed by atoms with E-state index in [1.807, 2.05) is 12.3 Å². The van der Waals surface area contributed by atoms with Crippen LogP contribution in [-0.2, 0) is 0 Å². The average molecular weight is 282 g/mol. The molecule has 0 aliphatic heterocycles. The first kappa shape index (κ1) is 13.6. The van der Waals surface area contributed by atoms with Crippen LogP contribution in [0.4, 0.5) is 8.78 Å². The van der Waals surface area contributed by atoms with Gasteiger partial charge in [0, 0.05) is 10.9 Å². The fraction of sp³-hybridized carbons (Fsp3) is 0.231. The largest absolute Gasteiger partial charge is 0.344 e. The van der Waals surface area contributed by atoms with E-state index in [4.69, 9.17) is 0 Å². The smallest absolute Gasteiger partial charge is 0.251 e. The minimum absolute atomic E-state index is 0.0812. The van der Waals surface area contributed by atoms with Gasteiger partial charge < -0.3 is 5.32 Å². The van der Waals surface area contributed by atoms with Crippen LogP contribution in [0.15, 0.2) is 23.6 Å². The molecule has 1 aromatic heterocycles. The van der Waals surface area contributed by atoms with E-state index >= 15 is 0 Å². The van der Waals surface area contributed by atoms with Crippen LogP contribution < -0.4 is 5.32 Å². The first-order chi connectivity index (χ1) is 8.97.